The lowest BCUT2D eigenvalue weighted by Crippen LogP contribution is -2.60. The highest BCUT2D eigenvalue weighted by Gasteiger charge is 2.51. The number of nitrogen functional groups attached to an aromatic ring is 1. The second kappa shape index (κ2) is 13.7. The van der Waals surface area contributed by atoms with Crippen LogP contribution >= 0.6 is 15.4 Å². The lowest BCUT2D eigenvalue weighted by Gasteiger charge is -2.41. The molecule has 2 aliphatic heterocycles. The average molecular weight is 666 g/mol. The van der Waals surface area contributed by atoms with Crippen LogP contribution in [-0.4, -0.2) is 101 Å². The van der Waals surface area contributed by atoms with Gasteiger partial charge in [-0.1, -0.05) is 18.2 Å². The van der Waals surface area contributed by atoms with Gasteiger partial charge in [0.2, 0.25) is 12.2 Å². The number of hydrogen-bond donors (Lipinski definition) is 8. The summed E-state index contributed by atoms with van der Waals surface area (Å²) < 4.78 is 52.5. The van der Waals surface area contributed by atoms with Crippen molar-refractivity contribution in [2.75, 3.05) is 12.3 Å². The van der Waals surface area contributed by atoms with Gasteiger partial charge in [-0.15, -0.1) is 0 Å². The molecule has 1 aromatic carbocycles. The largest absolute Gasteiger partial charge is 0.473 e. The van der Waals surface area contributed by atoms with E-state index in [1.54, 1.807) is 18.2 Å². The van der Waals surface area contributed by atoms with E-state index in [1.807, 2.05) is 0 Å². The van der Waals surface area contributed by atoms with Crippen LogP contribution in [0.2, 0.25) is 0 Å². The molecule has 19 nitrogen and oxygen atoms in total. The summed E-state index contributed by atoms with van der Waals surface area (Å²) in [6.45, 7) is 0.211. The Bertz CT molecular complexity index is 1460. The number of phosphoric ester groups is 1. The molecule has 0 saturated carbocycles. The fraction of sp³-hybridized carbons (Fsp3) is 0.522. The van der Waals surface area contributed by atoms with Crippen molar-refractivity contribution in [3.63, 3.8) is 0 Å². The van der Waals surface area contributed by atoms with Gasteiger partial charge in [-0.3, -0.25) is 23.0 Å². The normalized spacial score (nSPS) is 31.2. The number of para-hydroxylation sites is 1. The molecular weight excluding hydrogens is 634 g/mol. The standard InChI is InChI=1S/C23H32N4O15P2/c1-11(28)25-17-13(29)9-14(41-21(17)39-12-5-3-2-4-6-12)22(43(33,34)35)42-44(36,37)38-10-15-18(30)19(31)20(40-15)27-8-7-16(24)26-23(27)32/h2-8,13-15,17-22,29-31H,9-10H2,1H3,(H,25,28)(H,36,37)(H2,24,26,32)(H2,33,34,35)/t13-,14+,15+,17+,18-,19?,20+,21?,22?/m0/s1. The van der Waals surface area contributed by atoms with Crippen molar-refractivity contribution in [3.8, 4) is 5.75 Å². The zero-order valence-electron chi connectivity index (χ0n) is 22.9. The van der Waals surface area contributed by atoms with Crippen LogP contribution in [0.1, 0.15) is 19.6 Å². The lowest BCUT2D eigenvalue weighted by molar-refractivity contribution is -0.208. The van der Waals surface area contributed by atoms with Gasteiger partial charge >= 0.3 is 21.1 Å². The van der Waals surface area contributed by atoms with Crippen LogP contribution in [0, 0.1) is 0 Å². The number of amides is 1. The molecule has 21 heteroatoms. The number of rotatable bonds is 11. The van der Waals surface area contributed by atoms with Gasteiger partial charge in [0.25, 0.3) is 0 Å². The number of nitrogens with zero attached hydrogens (tertiary/aromatic N) is 2. The molecule has 3 heterocycles. The quantitative estimate of drug-likeness (QED) is 0.122. The molecule has 4 rings (SSSR count). The number of benzene rings is 1. The summed E-state index contributed by atoms with van der Waals surface area (Å²) in [6.07, 6.45) is -10.7. The highest BCUT2D eigenvalue weighted by atomic mass is 31.2. The monoisotopic (exact) mass is 666 g/mol. The molecule has 1 aromatic heterocycles. The number of ether oxygens (including phenoxy) is 3. The Hall–Kier alpha value is -2.77. The van der Waals surface area contributed by atoms with Crippen LogP contribution in [0.5, 0.6) is 5.75 Å². The molecular formula is C23H32N4O15P2. The van der Waals surface area contributed by atoms with Crippen LogP contribution in [0.15, 0.2) is 47.4 Å². The fourth-order valence-corrected chi connectivity index (χ4v) is 6.87. The number of carbonyl (C=O) groups excluding carboxylic acids is 1. The maximum Gasteiger partial charge on any atom is 0.473 e. The van der Waals surface area contributed by atoms with Crippen molar-refractivity contribution < 1.29 is 67.2 Å². The Morgan fingerprint density at radius 3 is 2.43 bits per heavy atom. The first-order valence-corrected chi connectivity index (χ1v) is 16.1. The fourth-order valence-electron chi connectivity index (χ4n) is 4.59. The molecule has 0 radical (unpaired) electrons. The molecule has 0 spiro atoms. The Balaban J connectivity index is 1.47. The highest BCUT2D eigenvalue weighted by molar-refractivity contribution is 7.54. The SMILES string of the molecule is CC(=O)N[C@H]1C(Oc2ccccc2)O[C@@H](C(OP(=O)(O)OC[C@H]2O[C@@H](n3ccc(N)nc3=O)C(O)[C@H]2O)P(=O)(O)O)C[C@@H]1O. The van der Waals surface area contributed by atoms with E-state index in [-0.39, 0.29) is 11.6 Å². The van der Waals surface area contributed by atoms with Gasteiger partial charge in [0, 0.05) is 19.5 Å². The molecule has 2 fully saturated rings. The number of carbonyl (C=O) groups is 1. The van der Waals surface area contributed by atoms with Crippen molar-refractivity contribution in [2.24, 2.45) is 0 Å². The number of aliphatic hydroxyl groups excluding tert-OH is 3. The molecule has 244 valence electrons. The molecule has 44 heavy (non-hydrogen) atoms. The van der Waals surface area contributed by atoms with Gasteiger partial charge in [-0.25, -0.2) is 9.36 Å². The van der Waals surface area contributed by atoms with Crippen LogP contribution in [0.25, 0.3) is 0 Å². The number of anilines is 1. The van der Waals surface area contributed by atoms with E-state index in [4.69, 9.17) is 29.0 Å². The van der Waals surface area contributed by atoms with Gasteiger partial charge in [-0.05, 0) is 18.2 Å². The number of nitrogens with one attached hydrogen (secondary N) is 1. The Labute approximate surface area is 248 Å². The number of hydrogen-bond acceptors (Lipinski definition) is 14. The van der Waals surface area contributed by atoms with Crippen LogP contribution < -0.4 is 21.5 Å². The summed E-state index contributed by atoms with van der Waals surface area (Å²) in [5, 5.41) is 33.9. The summed E-state index contributed by atoms with van der Waals surface area (Å²) in [4.78, 5) is 57.7. The smallest absolute Gasteiger partial charge is 0.463 e. The molecule has 10 atom stereocenters. The van der Waals surface area contributed by atoms with Crippen LogP contribution in [0.4, 0.5) is 5.82 Å². The van der Waals surface area contributed by atoms with Gasteiger partial charge in [0.1, 0.15) is 42.0 Å². The Kier molecular flexibility index (Phi) is 10.6. The van der Waals surface area contributed by atoms with Crippen LogP contribution in [0.3, 0.4) is 0 Å². The summed E-state index contributed by atoms with van der Waals surface area (Å²) in [6, 6.07) is 7.94. The third kappa shape index (κ3) is 8.28. The number of aliphatic hydroxyl groups is 3. The Morgan fingerprint density at radius 2 is 1.82 bits per heavy atom. The highest BCUT2D eigenvalue weighted by Crippen LogP contribution is 2.56. The summed E-state index contributed by atoms with van der Waals surface area (Å²) in [7, 11) is -10.8. The molecule has 9 N–H and O–H groups in total. The van der Waals surface area contributed by atoms with E-state index in [1.165, 1.54) is 18.2 Å². The minimum absolute atomic E-state index is 0.116. The zero-order chi connectivity index (χ0) is 32.4. The predicted molar refractivity (Wildman–Crippen MR) is 145 cm³/mol. The van der Waals surface area contributed by atoms with Gasteiger partial charge in [-0.2, -0.15) is 4.98 Å². The Morgan fingerprint density at radius 1 is 1.14 bits per heavy atom. The van der Waals surface area contributed by atoms with Crippen molar-refractivity contribution in [1.29, 1.82) is 0 Å². The molecule has 2 aromatic rings. The first kappa shape index (κ1) is 34.1. The number of aromatic nitrogens is 2. The van der Waals surface area contributed by atoms with Gasteiger partial charge in [0.05, 0.1) is 12.7 Å². The molecule has 0 bridgehead atoms. The molecule has 1 amide bonds. The third-order valence-electron chi connectivity index (χ3n) is 6.61. The van der Waals surface area contributed by atoms with Crippen molar-refractivity contribution >= 4 is 27.1 Å². The topological polar surface area (TPSA) is 292 Å². The minimum Gasteiger partial charge on any atom is -0.463 e. The number of nitrogens with two attached hydrogens (primary N) is 1. The number of phosphoric acid groups is 1. The minimum atomic E-state index is -5.44. The summed E-state index contributed by atoms with van der Waals surface area (Å²) in [5.74, 6) is -2.97. The molecule has 2 saturated heterocycles. The first-order valence-electron chi connectivity index (χ1n) is 13.0. The predicted octanol–water partition coefficient (Wildman–Crippen LogP) is -1.86. The van der Waals surface area contributed by atoms with Crippen molar-refractivity contribution in [2.45, 2.75) is 68.3 Å². The van der Waals surface area contributed by atoms with E-state index in [0.717, 1.165) is 17.7 Å². The van der Waals surface area contributed by atoms with E-state index < -0.39 is 95.0 Å². The molecule has 0 aliphatic carbocycles. The summed E-state index contributed by atoms with van der Waals surface area (Å²) in [5.41, 5.74) is 4.52. The van der Waals surface area contributed by atoms with Crippen molar-refractivity contribution in [1.82, 2.24) is 14.9 Å². The maximum absolute atomic E-state index is 12.8. The second-order valence-corrected chi connectivity index (χ2v) is 13.0. The van der Waals surface area contributed by atoms with E-state index in [0.29, 0.717) is 0 Å². The van der Waals surface area contributed by atoms with E-state index in [2.05, 4.69) is 10.3 Å². The molecule has 2 aliphatic rings. The van der Waals surface area contributed by atoms with E-state index >= 15 is 0 Å². The van der Waals surface area contributed by atoms with Gasteiger partial charge in [0.15, 0.2) is 12.1 Å². The van der Waals surface area contributed by atoms with Crippen molar-refractivity contribution in [3.05, 3.63) is 53.1 Å². The maximum atomic E-state index is 12.8. The first-order chi connectivity index (χ1) is 20.6. The van der Waals surface area contributed by atoms with Gasteiger partial charge < -0.3 is 55.3 Å². The summed E-state index contributed by atoms with van der Waals surface area (Å²) >= 11 is 0. The second-order valence-electron chi connectivity index (χ2n) is 9.94. The zero-order valence-corrected chi connectivity index (χ0v) is 24.7. The van der Waals surface area contributed by atoms with E-state index in [9.17, 15) is 48.7 Å². The van der Waals surface area contributed by atoms with Crippen LogP contribution in [-0.2, 0) is 32.4 Å². The third-order valence-corrected chi connectivity index (χ3v) is 8.85. The lowest BCUT2D eigenvalue weighted by atomic mass is 10.00. The average Bonchev–Trinajstić information content (AvgIpc) is 3.21. The molecule has 4 unspecified atom stereocenters.